The van der Waals surface area contributed by atoms with Gasteiger partial charge < -0.3 is 25.0 Å². The molecule has 1 aromatic heterocycles. The lowest BCUT2D eigenvalue weighted by atomic mass is 9.89. The normalized spacial score (nSPS) is 21.2. The van der Waals surface area contributed by atoms with Crippen LogP contribution in [0.25, 0.3) is 0 Å². The van der Waals surface area contributed by atoms with E-state index in [0.29, 0.717) is 25.2 Å². The van der Waals surface area contributed by atoms with Gasteiger partial charge in [0.1, 0.15) is 17.5 Å². The summed E-state index contributed by atoms with van der Waals surface area (Å²) in [5.41, 5.74) is 0.640. The number of pyridine rings is 1. The van der Waals surface area contributed by atoms with Gasteiger partial charge in [0, 0.05) is 50.4 Å². The van der Waals surface area contributed by atoms with Gasteiger partial charge in [0.15, 0.2) is 0 Å². The second kappa shape index (κ2) is 10.0. The van der Waals surface area contributed by atoms with Gasteiger partial charge in [0.2, 0.25) is 0 Å². The Morgan fingerprint density at radius 1 is 1.15 bits per heavy atom. The molecule has 2 aliphatic heterocycles. The molecule has 2 N–H and O–H groups in total. The number of nitrogens with zero attached hydrogens (tertiary/aromatic N) is 2. The van der Waals surface area contributed by atoms with Crippen LogP contribution in [0.1, 0.15) is 56.0 Å². The number of carbonyl (C=O) groups excluding carboxylic acids is 2. The Balaban J connectivity index is 1.31. The summed E-state index contributed by atoms with van der Waals surface area (Å²) >= 11 is 0. The maximum absolute atomic E-state index is 13.0. The number of nitrogens with one attached hydrogen (secondary N) is 2. The van der Waals surface area contributed by atoms with Gasteiger partial charge in [-0.05, 0) is 69.6 Å². The highest BCUT2D eigenvalue weighted by Gasteiger charge is 2.37. The summed E-state index contributed by atoms with van der Waals surface area (Å²) < 4.78 is 11.6. The maximum Gasteiger partial charge on any atom is 0.410 e. The molecule has 2 fully saturated rings. The first-order valence-corrected chi connectivity index (χ1v) is 11.9. The number of carbonyl (C=O) groups is 2. The number of rotatable bonds is 5. The van der Waals surface area contributed by atoms with Crippen LogP contribution in [-0.2, 0) is 10.3 Å². The van der Waals surface area contributed by atoms with Gasteiger partial charge >= 0.3 is 6.09 Å². The summed E-state index contributed by atoms with van der Waals surface area (Å²) in [7, 11) is 0. The third-order valence-electron chi connectivity index (χ3n) is 6.24. The molecule has 1 aromatic carbocycles. The molecule has 0 spiro atoms. The predicted octanol–water partition coefficient (Wildman–Crippen LogP) is 3.48. The van der Waals surface area contributed by atoms with Crippen LogP contribution in [0.2, 0.25) is 0 Å². The fourth-order valence-electron chi connectivity index (χ4n) is 4.41. The van der Waals surface area contributed by atoms with Crippen LogP contribution in [-0.4, -0.2) is 59.8 Å². The van der Waals surface area contributed by atoms with Crippen molar-refractivity contribution in [3.63, 3.8) is 0 Å². The Bertz CT molecular complexity index is 974. The smallest absolute Gasteiger partial charge is 0.410 e. The molecule has 2 amide bonds. The Morgan fingerprint density at radius 3 is 2.47 bits per heavy atom. The number of benzene rings is 1. The van der Waals surface area contributed by atoms with E-state index in [0.717, 1.165) is 37.1 Å². The van der Waals surface area contributed by atoms with Crippen molar-refractivity contribution < 1.29 is 19.1 Å². The molecule has 1 atom stereocenters. The lowest BCUT2D eigenvalue weighted by molar-refractivity contribution is 0.0126. The van der Waals surface area contributed by atoms with E-state index in [1.165, 1.54) is 0 Å². The third-order valence-corrected chi connectivity index (χ3v) is 6.24. The molecule has 0 unspecified atom stereocenters. The molecule has 0 bridgehead atoms. The molecular weight excluding hydrogens is 432 g/mol. The predicted molar refractivity (Wildman–Crippen MR) is 129 cm³/mol. The van der Waals surface area contributed by atoms with Crippen molar-refractivity contribution in [2.24, 2.45) is 0 Å². The zero-order valence-corrected chi connectivity index (χ0v) is 20.2. The fraction of sp³-hybridized carbons (Fsp3) is 0.500. The minimum atomic E-state index is -0.496. The van der Waals surface area contributed by atoms with Gasteiger partial charge in [-0.2, -0.15) is 0 Å². The lowest BCUT2D eigenvalue weighted by Crippen LogP contribution is -2.47. The summed E-state index contributed by atoms with van der Waals surface area (Å²) in [5.74, 6) is 0.599. The number of piperidine rings is 1. The van der Waals surface area contributed by atoms with E-state index >= 15 is 0 Å². The van der Waals surface area contributed by atoms with Crippen molar-refractivity contribution in [1.29, 1.82) is 0 Å². The largest absolute Gasteiger partial charge is 0.490 e. The summed E-state index contributed by atoms with van der Waals surface area (Å²) in [5, 5.41) is 6.57. The first-order chi connectivity index (χ1) is 16.2. The maximum atomic E-state index is 13.0. The number of aromatic nitrogens is 1. The minimum absolute atomic E-state index is 0.0248. The Labute approximate surface area is 201 Å². The Morgan fingerprint density at radius 2 is 1.88 bits per heavy atom. The summed E-state index contributed by atoms with van der Waals surface area (Å²) in [6, 6.07) is 11.1. The van der Waals surface area contributed by atoms with Crippen molar-refractivity contribution in [1.82, 2.24) is 20.5 Å². The fourth-order valence-corrected chi connectivity index (χ4v) is 4.41. The van der Waals surface area contributed by atoms with Crippen LogP contribution in [0.5, 0.6) is 5.75 Å². The molecule has 0 saturated carbocycles. The summed E-state index contributed by atoms with van der Waals surface area (Å²) in [6.07, 6.45) is 5.59. The van der Waals surface area contributed by atoms with Crippen LogP contribution in [0.3, 0.4) is 0 Å². The highest BCUT2D eigenvalue weighted by molar-refractivity contribution is 5.95. The molecule has 4 rings (SSSR count). The van der Waals surface area contributed by atoms with Crippen LogP contribution < -0.4 is 15.4 Å². The molecule has 182 valence electrons. The molecule has 3 heterocycles. The van der Waals surface area contributed by atoms with E-state index < -0.39 is 11.1 Å². The zero-order valence-electron chi connectivity index (χ0n) is 20.2. The van der Waals surface area contributed by atoms with E-state index in [2.05, 4.69) is 15.6 Å². The SMILES string of the molecule is CC(C)(C)OC(=O)N1CCC(Oc2ccc(C(=O)N[C@@]3(c4cccnc4)CCNC3)cc2)CC1. The van der Waals surface area contributed by atoms with Crippen LogP contribution in [0, 0.1) is 0 Å². The van der Waals surface area contributed by atoms with Gasteiger partial charge in [-0.15, -0.1) is 0 Å². The second-order valence-corrected chi connectivity index (χ2v) is 10.0. The number of ether oxygens (including phenoxy) is 2. The highest BCUT2D eigenvalue weighted by Crippen LogP contribution is 2.28. The molecule has 2 aromatic rings. The molecular formula is C26H34N4O4. The third kappa shape index (κ3) is 5.86. The molecule has 8 nitrogen and oxygen atoms in total. The average molecular weight is 467 g/mol. The van der Waals surface area contributed by atoms with Crippen molar-refractivity contribution in [3.8, 4) is 5.75 Å². The van der Waals surface area contributed by atoms with Crippen molar-refractivity contribution in [2.75, 3.05) is 26.2 Å². The van der Waals surface area contributed by atoms with Crippen molar-refractivity contribution >= 4 is 12.0 Å². The first-order valence-electron chi connectivity index (χ1n) is 11.9. The molecule has 34 heavy (non-hydrogen) atoms. The first kappa shape index (κ1) is 24.0. The van der Waals surface area contributed by atoms with E-state index in [1.54, 1.807) is 23.2 Å². The van der Waals surface area contributed by atoms with E-state index in [1.807, 2.05) is 51.2 Å². The molecule has 0 aliphatic carbocycles. The van der Waals surface area contributed by atoms with Crippen molar-refractivity contribution in [3.05, 3.63) is 59.9 Å². The molecule has 0 radical (unpaired) electrons. The van der Waals surface area contributed by atoms with Crippen LogP contribution >= 0.6 is 0 Å². The standard InChI is InChI=1S/C26H34N4O4/c1-25(2,3)34-24(32)30-15-10-22(11-16-30)33-21-8-6-19(7-9-21)23(31)29-26(12-14-28-18-26)20-5-4-13-27-17-20/h4-9,13,17,22,28H,10-12,14-16,18H2,1-3H3,(H,29,31)/t26-/m0/s1. The average Bonchev–Trinajstić information content (AvgIpc) is 3.29. The van der Waals surface area contributed by atoms with Gasteiger partial charge in [-0.1, -0.05) is 6.07 Å². The number of hydrogen-bond donors (Lipinski definition) is 2. The van der Waals surface area contributed by atoms with E-state index in [9.17, 15) is 9.59 Å². The number of likely N-dealkylation sites (tertiary alicyclic amines) is 1. The highest BCUT2D eigenvalue weighted by atomic mass is 16.6. The van der Waals surface area contributed by atoms with Crippen LogP contribution in [0.4, 0.5) is 4.79 Å². The quantitative estimate of drug-likeness (QED) is 0.701. The van der Waals surface area contributed by atoms with Gasteiger partial charge in [-0.25, -0.2) is 4.79 Å². The Kier molecular flexibility index (Phi) is 7.07. The Hall–Kier alpha value is -3.13. The summed E-state index contributed by atoms with van der Waals surface area (Å²) in [6.45, 7) is 8.33. The zero-order chi connectivity index (χ0) is 24.2. The van der Waals surface area contributed by atoms with E-state index in [-0.39, 0.29) is 18.1 Å². The number of amides is 2. The van der Waals surface area contributed by atoms with Gasteiger partial charge in [-0.3, -0.25) is 9.78 Å². The molecule has 8 heteroatoms. The minimum Gasteiger partial charge on any atom is -0.490 e. The van der Waals surface area contributed by atoms with Crippen molar-refractivity contribution in [2.45, 2.75) is 57.3 Å². The molecule has 2 aliphatic rings. The monoisotopic (exact) mass is 466 g/mol. The lowest BCUT2D eigenvalue weighted by Gasteiger charge is -2.33. The topological polar surface area (TPSA) is 92.8 Å². The number of hydrogen-bond acceptors (Lipinski definition) is 6. The van der Waals surface area contributed by atoms with Crippen LogP contribution in [0.15, 0.2) is 48.8 Å². The summed E-state index contributed by atoms with van der Waals surface area (Å²) in [4.78, 5) is 31.2. The second-order valence-electron chi connectivity index (χ2n) is 10.0. The van der Waals surface area contributed by atoms with Gasteiger partial charge in [0.25, 0.3) is 5.91 Å². The molecule has 2 saturated heterocycles. The van der Waals surface area contributed by atoms with Gasteiger partial charge in [0.05, 0.1) is 5.54 Å². The van der Waals surface area contributed by atoms with E-state index in [4.69, 9.17) is 9.47 Å².